The average Bonchev–Trinajstić information content (AvgIpc) is 3.26. The SMILES string of the molecule is CN=C(NCCn1ccnc1)N1CCN(CC2CCOC2)CC1.I. The zero-order valence-electron chi connectivity index (χ0n) is 14.4. The van der Waals surface area contributed by atoms with Crippen molar-refractivity contribution in [3.63, 3.8) is 0 Å². The summed E-state index contributed by atoms with van der Waals surface area (Å²) >= 11 is 0. The molecule has 7 nitrogen and oxygen atoms in total. The Morgan fingerprint density at radius 1 is 1.33 bits per heavy atom. The molecule has 2 aliphatic heterocycles. The number of aromatic nitrogens is 2. The van der Waals surface area contributed by atoms with Gasteiger partial charge in [0.05, 0.1) is 12.9 Å². The van der Waals surface area contributed by atoms with Crippen LogP contribution in [0.2, 0.25) is 0 Å². The normalized spacial score (nSPS) is 22.5. The van der Waals surface area contributed by atoms with Gasteiger partial charge in [0.1, 0.15) is 0 Å². The van der Waals surface area contributed by atoms with Crippen molar-refractivity contribution in [2.75, 3.05) is 59.5 Å². The van der Waals surface area contributed by atoms with E-state index in [1.165, 1.54) is 13.0 Å². The van der Waals surface area contributed by atoms with Crippen LogP contribution >= 0.6 is 24.0 Å². The molecule has 0 saturated carbocycles. The fourth-order valence-corrected chi connectivity index (χ4v) is 3.28. The molecule has 8 heteroatoms. The summed E-state index contributed by atoms with van der Waals surface area (Å²) in [6.45, 7) is 9.13. The maximum atomic E-state index is 5.48. The predicted octanol–water partition coefficient (Wildman–Crippen LogP) is 0.731. The van der Waals surface area contributed by atoms with Gasteiger partial charge in [0.2, 0.25) is 0 Å². The molecular formula is C16H29IN6O. The second-order valence-electron chi connectivity index (χ2n) is 6.29. The van der Waals surface area contributed by atoms with Crippen molar-refractivity contribution >= 4 is 29.9 Å². The van der Waals surface area contributed by atoms with Crippen molar-refractivity contribution in [2.24, 2.45) is 10.9 Å². The Balaban J connectivity index is 0.00000208. The van der Waals surface area contributed by atoms with Gasteiger partial charge in [-0.25, -0.2) is 4.98 Å². The zero-order chi connectivity index (χ0) is 15.9. The Hall–Kier alpha value is -0.870. The molecule has 0 amide bonds. The monoisotopic (exact) mass is 448 g/mol. The number of nitrogens with one attached hydrogen (secondary N) is 1. The molecule has 0 radical (unpaired) electrons. The topological polar surface area (TPSA) is 57.9 Å². The van der Waals surface area contributed by atoms with Crippen LogP contribution in [-0.2, 0) is 11.3 Å². The first-order valence-electron chi connectivity index (χ1n) is 8.56. The lowest BCUT2D eigenvalue weighted by Gasteiger charge is -2.37. The lowest BCUT2D eigenvalue weighted by Crippen LogP contribution is -2.53. The quantitative estimate of drug-likeness (QED) is 0.409. The fraction of sp³-hybridized carbons (Fsp3) is 0.750. The molecule has 0 aromatic carbocycles. The van der Waals surface area contributed by atoms with E-state index in [4.69, 9.17) is 4.74 Å². The molecule has 2 fully saturated rings. The van der Waals surface area contributed by atoms with Crippen molar-refractivity contribution < 1.29 is 4.74 Å². The van der Waals surface area contributed by atoms with Crippen LogP contribution in [0.5, 0.6) is 0 Å². The fourth-order valence-electron chi connectivity index (χ4n) is 3.28. The van der Waals surface area contributed by atoms with Crippen molar-refractivity contribution in [1.82, 2.24) is 24.7 Å². The highest BCUT2D eigenvalue weighted by Crippen LogP contribution is 2.15. The van der Waals surface area contributed by atoms with Gasteiger partial charge >= 0.3 is 0 Å². The minimum Gasteiger partial charge on any atom is -0.381 e. The van der Waals surface area contributed by atoms with Gasteiger partial charge in [0.25, 0.3) is 0 Å². The Kier molecular flexibility index (Phi) is 8.26. The molecule has 3 rings (SSSR count). The van der Waals surface area contributed by atoms with E-state index in [2.05, 4.69) is 29.7 Å². The number of aliphatic imine (C=N–C) groups is 1. The molecule has 2 aliphatic rings. The summed E-state index contributed by atoms with van der Waals surface area (Å²) in [5, 5.41) is 3.45. The molecule has 0 spiro atoms. The molecule has 0 aliphatic carbocycles. The van der Waals surface area contributed by atoms with Crippen molar-refractivity contribution in [3.05, 3.63) is 18.7 Å². The first-order chi connectivity index (χ1) is 11.3. The second kappa shape index (κ2) is 10.2. The third-order valence-electron chi connectivity index (χ3n) is 4.64. The van der Waals surface area contributed by atoms with E-state index in [0.717, 1.165) is 64.4 Å². The Morgan fingerprint density at radius 3 is 2.79 bits per heavy atom. The number of piperazine rings is 1. The standard InChI is InChI=1S/C16H28N6O.HI/c1-17-16(19-4-6-21-5-3-18-14-21)22-9-7-20(8-10-22)12-15-2-11-23-13-15;/h3,5,14-15H,2,4,6-13H2,1H3,(H,17,19);1H. The molecule has 2 saturated heterocycles. The Morgan fingerprint density at radius 2 is 2.17 bits per heavy atom. The summed E-state index contributed by atoms with van der Waals surface area (Å²) in [5.41, 5.74) is 0. The highest BCUT2D eigenvalue weighted by atomic mass is 127. The maximum absolute atomic E-state index is 5.48. The Labute approximate surface area is 161 Å². The molecule has 0 bridgehead atoms. The predicted molar refractivity (Wildman–Crippen MR) is 106 cm³/mol. The van der Waals surface area contributed by atoms with E-state index < -0.39 is 0 Å². The largest absolute Gasteiger partial charge is 0.381 e. The van der Waals surface area contributed by atoms with E-state index in [9.17, 15) is 0 Å². The maximum Gasteiger partial charge on any atom is 0.193 e. The van der Waals surface area contributed by atoms with Crippen LogP contribution < -0.4 is 5.32 Å². The van der Waals surface area contributed by atoms with Crippen LogP contribution in [0.4, 0.5) is 0 Å². The van der Waals surface area contributed by atoms with Gasteiger partial charge in [0, 0.05) is 71.9 Å². The van der Waals surface area contributed by atoms with Gasteiger partial charge in [-0.05, 0) is 12.3 Å². The van der Waals surface area contributed by atoms with Gasteiger partial charge in [-0.3, -0.25) is 9.89 Å². The molecule has 1 aromatic rings. The van der Waals surface area contributed by atoms with Crippen LogP contribution in [0.1, 0.15) is 6.42 Å². The molecule has 1 N–H and O–H groups in total. The smallest absolute Gasteiger partial charge is 0.193 e. The van der Waals surface area contributed by atoms with Gasteiger partial charge in [-0.2, -0.15) is 0 Å². The first-order valence-corrected chi connectivity index (χ1v) is 8.56. The van der Waals surface area contributed by atoms with E-state index >= 15 is 0 Å². The number of halogens is 1. The molecule has 3 heterocycles. The lowest BCUT2D eigenvalue weighted by atomic mass is 10.1. The summed E-state index contributed by atoms with van der Waals surface area (Å²) in [5.74, 6) is 1.74. The molecule has 1 aromatic heterocycles. The van der Waals surface area contributed by atoms with E-state index in [-0.39, 0.29) is 24.0 Å². The van der Waals surface area contributed by atoms with Crippen LogP contribution in [-0.4, -0.2) is 84.8 Å². The molecule has 1 atom stereocenters. The van der Waals surface area contributed by atoms with Gasteiger partial charge < -0.3 is 19.5 Å². The zero-order valence-corrected chi connectivity index (χ0v) is 16.8. The van der Waals surface area contributed by atoms with Crippen molar-refractivity contribution in [3.8, 4) is 0 Å². The summed E-state index contributed by atoms with van der Waals surface area (Å²) < 4.78 is 7.55. The van der Waals surface area contributed by atoms with E-state index in [1.807, 2.05) is 25.8 Å². The Bertz CT molecular complexity index is 481. The van der Waals surface area contributed by atoms with E-state index in [0.29, 0.717) is 0 Å². The molecular weight excluding hydrogens is 419 g/mol. The number of ether oxygens (including phenoxy) is 1. The van der Waals surface area contributed by atoms with E-state index in [1.54, 1.807) is 0 Å². The number of guanidine groups is 1. The number of hydrogen-bond acceptors (Lipinski definition) is 4. The van der Waals surface area contributed by atoms with Crippen LogP contribution in [0.15, 0.2) is 23.7 Å². The average molecular weight is 448 g/mol. The van der Waals surface area contributed by atoms with Crippen LogP contribution in [0.3, 0.4) is 0 Å². The molecule has 1 unspecified atom stereocenters. The first kappa shape index (κ1) is 19.5. The van der Waals surface area contributed by atoms with Gasteiger partial charge in [-0.15, -0.1) is 24.0 Å². The van der Waals surface area contributed by atoms with Gasteiger partial charge in [-0.1, -0.05) is 0 Å². The molecule has 136 valence electrons. The number of imidazole rings is 1. The summed E-state index contributed by atoms with van der Waals surface area (Å²) in [7, 11) is 1.86. The van der Waals surface area contributed by atoms with Gasteiger partial charge in [0.15, 0.2) is 5.96 Å². The summed E-state index contributed by atoms with van der Waals surface area (Å²) in [6, 6.07) is 0. The number of rotatable bonds is 5. The van der Waals surface area contributed by atoms with Crippen LogP contribution in [0.25, 0.3) is 0 Å². The number of hydrogen-bond donors (Lipinski definition) is 1. The second-order valence-corrected chi connectivity index (χ2v) is 6.29. The minimum atomic E-state index is 0. The molecule has 24 heavy (non-hydrogen) atoms. The summed E-state index contributed by atoms with van der Waals surface area (Å²) in [6.07, 6.45) is 6.85. The number of nitrogens with zero attached hydrogens (tertiary/aromatic N) is 5. The minimum absolute atomic E-state index is 0. The highest BCUT2D eigenvalue weighted by molar-refractivity contribution is 14.0. The highest BCUT2D eigenvalue weighted by Gasteiger charge is 2.23. The van der Waals surface area contributed by atoms with Crippen LogP contribution in [0, 0.1) is 5.92 Å². The van der Waals surface area contributed by atoms with Crippen molar-refractivity contribution in [2.45, 2.75) is 13.0 Å². The summed E-state index contributed by atoms with van der Waals surface area (Å²) in [4.78, 5) is 13.4. The third-order valence-corrected chi connectivity index (χ3v) is 4.64. The third kappa shape index (κ3) is 5.59. The lowest BCUT2D eigenvalue weighted by molar-refractivity contribution is 0.139. The van der Waals surface area contributed by atoms with Crippen molar-refractivity contribution in [1.29, 1.82) is 0 Å².